The average molecular weight is 283 g/mol. The van der Waals surface area contributed by atoms with Gasteiger partial charge in [0, 0.05) is 25.0 Å². The second kappa shape index (κ2) is 6.88. The van der Waals surface area contributed by atoms with Crippen LogP contribution in [0.4, 0.5) is 11.5 Å². The molecule has 0 unspecified atom stereocenters. The third-order valence-corrected chi connectivity index (χ3v) is 3.29. The summed E-state index contributed by atoms with van der Waals surface area (Å²) in [6.07, 6.45) is 1.69. The molecule has 0 aliphatic rings. The molecular weight excluding hydrogens is 262 g/mol. The Morgan fingerprint density at radius 1 is 1.19 bits per heavy atom. The number of carbonyl (C=O) groups is 1. The van der Waals surface area contributed by atoms with Crippen LogP contribution in [0.25, 0.3) is 0 Å². The lowest BCUT2D eigenvalue weighted by molar-refractivity contribution is 0.0989. The lowest BCUT2D eigenvalue weighted by atomic mass is 10.1. The predicted molar refractivity (Wildman–Crippen MR) is 86.9 cm³/mol. The maximum atomic E-state index is 12.8. The summed E-state index contributed by atoms with van der Waals surface area (Å²) in [6, 6.07) is 11.6. The number of amides is 1. The summed E-state index contributed by atoms with van der Waals surface area (Å²) in [7, 11) is 0. The van der Waals surface area contributed by atoms with Crippen molar-refractivity contribution >= 4 is 17.4 Å². The van der Waals surface area contributed by atoms with Crippen molar-refractivity contribution in [1.82, 2.24) is 4.98 Å². The smallest absolute Gasteiger partial charge is 0.262 e. The first-order valence-electron chi connectivity index (χ1n) is 7.24. The van der Waals surface area contributed by atoms with Crippen molar-refractivity contribution in [1.29, 1.82) is 0 Å². The summed E-state index contributed by atoms with van der Waals surface area (Å²) in [5.74, 6) is 0.598. The van der Waals surface area contributed by atoms with Gasteiger partial charge in [0.15, 0.2) is 0 Å². The number of aromatic nitrogens is 1. The number of anilines is 2. The fourth-order valence-corrected chi connectivity index (χ4v) is 2.20. The molecule has 1 aromatic carbocycles. The number of pyridine rings is 1. The monoisotopic (exact) mass is 283 g/mol. The molecule has 1 heterocycles. The molecular formula is C17H21N3O. The van der Waals surface area contributed by atoms with Crippen molar-refractivity contribution in [2.75, 3.05) is 23.3 Å². The minimum absolute atomic E-state index is 0.0367. The minimum Gasteiger partial charge on any atom is -0.370 e. The molecule has 0 radical (unpaired) electrons. The molecule has 0 saturated carbocycles. The van der Waals surface area contributed by atoms with Crippen LogP contribution in [0.2, 0.25) is 0 Å². The van der Waals surface area contributed by atoms with Gasteiger partial charge in [-0.2, -0.15) is 0 Å². The molecule has 0 saturated heterocycles. The third-order valence-electron chi connectivity index (χ3n) is 3.29. The van der Waals surface area contributed by atoms with Crippen molar-refractivity contribution in [2.24, 2.45) is 0 Å². The van der Waals surface area contributed by atoms with Crippen LogP contribution >= 0.6 is 0 Å². The standard InChI is InChI=1S/C17H21N3O/c1-4-18-16-15(7-6-12-19-16)17(21)20(5-2)14-10-8-13(3)9-11-14/h6-12H,4-5H2,1-3H3,(H,18,19). The number of nitrogens with one attached hydrogen (secondary N) is 1. The number of hydrogen-bond donors (Lipinski definition) is 1. The van der Waals surface area contributed by atoms with E-state index in [1.807, 2.05) is 51.1 Å². The molecule has 0 fully saturated rings. The van der Waals surface area contributed by atoms with Gasteiger partial charge in [-0.3, -0.25) is 4.79 Å². The van der Waals surface area contributed by atoms with Crippen molar-refractivity contribution < 1.29 is 4.79 Å². The summed E-state index contributed by atoms with van der Waals surface area (Å²) in [5.41, 5.74) is 2.68. The fourth-order valence-electron chi connectivity index (χ4n) is 2.20. The Bertz CT molecular complexity index is 608. The van der Waals surface area contributed by atoms with E-state index >= 15 is 0 Å². The van der Waals surface area contributed by atoms with Gasteiger partial charge in [0.25, 0.3) is 5.91 Å². The van der Waals surface area contributed by atoms with E-state index in [2.05, 4.69) is 10.3 Å². The van der Waals surface area contributed by atoms with Gasteiger partial charge in [0.05, 0.1) is 5.56 Å². The summed E-state index contributed by atoms with van der Waals surface area (Å²) in [5, 5.41) is 3.14. The lowest BCUT2D eigenvalue weighted by Gasteiger charge is -2.22. The molecule has 0 bridgehead atoms. The SMILES string of the molecule is CCNc1ncccc1C(=O)N(CC)c1ccc(C)cc1. The molecule has 1 aromatic heterocycles. The Morgan fingerprint density at radius 2 is 1.90 bits per heavy atom. The molecule has 110 valence electrons. The maximum Gasteiger partial charge on any atom is 0.262 e. The molecule has 0 atom stereocenters. The van der Waals surface area contributed by atoms with E-state index in [4.69, 9.17) is 0 Å². The molecule has 1 amide bonds. The van der Waals surface area contributed by atoms with Crippen LogP contribution in [0.15, 0.2) is 42.6 Å². The van der Waals surface area contributed by atoms with Gasteiger partial charge in [-0.25, -0.2) is 4.98 Å². The summed E-state index contributed by atoms with van der Waals surface area (Å²) in [4.78, 5) is 18.8. The van der Waals surface area contributed by atoms with E-state index in [0.29, 0.717) is 17.9 Å². The van der Waals surface area contributed by atoms with Gasteiger partial charge in [-0.1, -0.05) is 17.7 Å². The van der Waals surface area contributed by atoms with Crippen molar-refractivity contribution in [3.63, 3.8) is 0 Å². The topological polar surface area (TPSA) is 45.2 Å². The maximum absolute atomic E-state index is 12.8. The van der Waals surface area contributed by atoms with Crippen LogP contribution in [0.1, 0.15) is 29.8 Å². The summed E-state index contributed by atoms with van der Waals surface area (Å²) < 4.78 is 0. The van der Waals surface area contributed by atoms with Crippen LogP contribution in [0, 0.1) is 6.92 Å². The first kappa shape index (κ1) is 15.0. The van der Waals surface area contributed by atoms with Crippen LogP contribution in [-0.4, -0.2) is 24.0 Å². The van der Waals surface area contributed by atoms with Gasteiger partial charge < -0.3 is 10.2 Å². The Morgan fingerprint density at radius 3 is 2.52 bits per heavy atom. The van der Waals surface area contributed by atoms with E-state index in [9.17, 15) is 4.79 Å². The highest BCUT2D eigenvalue weighted by atomic mass is 16.2. The number of carbonyl (C=O) groups excluding carboxylic acids is 1. The molecule has 4 nitrogen and oxygen atoms in total. The van der Waals surface area contributed by atoms with Crippen LogP contribution in [-0.2, 0) is 0 Å². The van der Waals surface area contributed by atoms with Gasteiger partial charge in [-0.15, -0.1) is 0 Å². The number of benzene rings is 1. The second-order valence-corrected chi connectivity index (χ2v) is 4.81. The second-order valence-electron chi connectivity index (χ2n) is 4.81. The van der Waals surface area contributed by atoms with E-state index < -0.39 is 0 Å². The fraction of sp³-hybridized carbons (Fsp3) is 0.294. The molecule has 0 aliphatic carbocycles. The minimum atomic E-state index is -0.0367. The number of aryl methyl sites for hydroxylation is 1. The van der Waals surface area contributed by atoms with E-state index in [1.54, 1.807) is 17.2 Å². The molecule has 0 spiro atoms. The zero-order chi connectivity index (χ0) is 15.2. The number of nitrogens with zero attached hydrogens (tertiary/aromatic N) is 2. The molecule has 4 heteroatoms. The van der Waals surface area contributed by atoms with Crippen molar-refractivity contribution in [2.45, 2.75) is 20.8 Å². The van der Waals surface area contributed by atoms with Crippen molar-refractivity contribution in [3.8, 4) is 0 Å². The zero-order valence-electron chi connectivity index (χ0n) is 12.8. The third kappa shape index (κ3) is 3.40. The Kier molecular flexibility index (Phi) is 4.93. The summed E-state index contributed by atoms with van der Waals surface area (Å²) >= 11 is 0. The average Bonchev–Trinajstić information content (AvgIpc) is 2.50. The van der Waals surface area contributed by atoms with Gasteiger partial charge >= 0.3 is 0 Å². The van der Waals surface area contributed by atoms with Crippen LogP contribution in [0.3, 0.4) is 0 Å². The predicted octanol–water partition coefficient (Wildman–Crippen LogP) is 3.49. The zero-order valence-corrected chi connectivity index (χ0v) is 12.8. The highest BCUT2D eigenvalue weighted by molar-refractivity contribution is 6.09. The first-order chi connectivity index (χ1) is 10.2. The first-order valence-corrected chi connectivity index (χ1v) is 7.24. The van der Waals surface area contributed by atoms with E-state index in [0.717, 1.165) is 12.2 Å². The summed E-state index contributed by atoms with van der Waals surface area (Å²) in [6.45, 7) is 7.34. The lowest BCUT2D eigenvalue weighted by Crippen LogP contribution is -2.31. The Balaban J connectivity index is 2.34. The van der Waals surface area contributed by atoms with Gasteiger partial charge in [-0.05, 0) is 45.0 Å². The Labute approximate surface area is 125 Å². The molecule has 1 N–H and O–H groups in total. The number of hydrogen-bond acceptors (Lipinski definition) is 3. The molecule has 0 aliphatic heterocycles. The quantitative estimate of drug-likeness (QED) is 0.913. The normalized spacial score (nSPS) is 10.2. The van der Waals surface area contributed by atoms with E-state index in [-0.39, 0.29) is 5.91 Å². The van der Waals surface area contributed by atoms with Gasteiger partial charge in [0.2, 0.25) is 0 Å². The Hall–Kier alpha value is -2.36. The van der Waals surface area contributed by atoms with E-state index in [1.165, 1.54) is 5.56 Å². The molecule has 2 aromatic rings. The molecule has 2 rings (SSSR count). The largest absolute Gasteiger partial charge is 0.370 e. The highest BCUT2D eigenvalue weighted by Crippen LogP contribution is 2.20. The van der Waals surface area contributed by atoms with Gasteiger partial charge in [0.1, 0.15) is 5.82 Å². The van der Waals surface area contributed by atoms with Crippen LogP contribution < -0.4 is 10.2 Å². The molecule has 21 heavy (non-hydrogen) atoms. The number of rotatable bonds is 5. The van der Waals surface area contributed by atoms with Crippen LogP contribution in [0.5, 0.6) is 0 Å². The highest BCUT2D eigenvalue weighted by Gasteiger charge is 2.19. The van der Waals surface area contributed by atoms with Crippen molar-refractivity contribution in [3.05, 3.63) is 53.7 Å².